The van der Waals surface area contributed by atoms with Gasteiger partial charge in [0.05, 0.1) is 5.69 Å². The molecule has 0 radical (unpaired) electrons. The van der Waals surface area contributed by atoms with E-state index in [4.69, 9.17) is 5.73 Å². The van der Waals surface area contributed by atoms with E-state index in [1.54, 1.807) is 19.1 Å². The van der Waals surface area contributed by atoms with Gasteiger partial charge in [-0.15, -0.1) is 0 Å². The van der Waals surface area contributed by atoms with Crippen molar-refractivity contribution in [2.24, 2.45) is 0 Å². The highest BCUT2D eigenvalue weighted by atomic mass is 16.3. The number of carbonyl (C=O) groups is 1. The molecule has 5 N–H and O–H groups in total. The fourth-order valence-electron chi connectivity index (χ4n) is 1.01. The molecule has 1 rings (SSSR count). The summed E-state index contributed by atoms with van der Waals surface area (Å²) >= 11 is 0. The van der Waals surface area contributed by atoms with Gasteiger partial charge in [0.25, 0.3) is 0 Å². The van der Waals surface area contributed by atoms with Crippen LogP contribution in [0.3, 0.4) is 0 Å². The second-order valence-corrected chi connectivity index (χ2v) is 2.73. The van der Waals surface area contributed by atoms with E-state index in [1.807, 2.05) is 0 Å². The topological polar surface area (TPSA) is 87.4 Å². The molecule has 5 heteroatoms. The van der Waals surface area contributed by atoms with Crippen LogP contribution in [0.4, 0.5) is 16.2 Å². The van der Waals surface area contributed by atoms with Crippen molar-refractivity contribution in [1.29, 1.82) is 0 Å². The number of benzene rings is 1. The van der Waals surface area contributed by atoms with Gasteiger partial charge in [-0.1, -0.05) is 6.07 Å². The molecule has 2 amide bonds. The molecule has 5 nitrogen and oxygen atoms in total. The highest BCUT2D eigenvalue weighted by Gasteiger charge is 2.07. The van der Waals surface area contributed by atoms with E-state index in [0.717, 1.165) is 0 Å². The third-order valence-electron chi connectivity index (χ3n) is 1.65. The van der Waals surface area contributed by atoms with Crippen molar-refractivity contribution >= 4 is 17.4 Å². The number of nitrogens with one attached hydrogen (secondary N) is 2. The molecule has 0 unspecified atom stereocenters. The maximum Gasteiger partial charge on any atom is 0.319 e. The summed E-state index contributed by atoms with van der Waals surface area (Å²) in [4.78, 5) is 11.1. The SMILES string of the molecule is CCNC(=O)Nc1c(N)cccc1O. The number of anilines is 2. The molecule has 0 bridgehead atoms. The van der Waals surface area contributed by atoms with E-state index >= 15 is 0 Å². The fraction of sp³-hybridized carbons (Fsp3) is 0.222. The van der Waals surface area contributed by atoms with Crippen molar-refractivity contribution in [2.75, 3.05) is 17.6 Å². The van der Waals surface area contributed by atoms with Crippen LogP contribution >= 0.6 is 0 Å². The first-order valence-electron chi connectivity index (χ1n) is 4.27. The van der Waals surface area contributed by atoms with Crippen LogP contribution in [0.2, 0.25) is 0 Å². The summed E-state index contributed by atoms with van der Waals surface area (Å²) in [5.74, 6) is -0.0451. The average Bonchev–Trinajstić information content (AvgIpc) is 2.12. The first-order valence-corrected chi connectivity index (χ1v) is 4.27. The van der Waals surface area contributed by atoms with Crippen LogP contribution in [-0.4, -0.2) is 17.7 Å². The third-order valence-corrected chi connectivity index (χ3v) is 1.65. The largest absolute Gasteiger partial charge is 0.506 e. The quantitative estimate of drug-likeness (QED) is 0.421. The molecule has 0 aliphatic rings. The summed E-state index contributed by atoms with van der Waals surface area (Å²) in [5, 5.41) is 14.4. The Morgan fingerprint density at radius 2 is 2.29 bits per heavy atom. The molecule has 0 aromatic heterocycles. The van der Waals surface area contributed by atoms with E-state index in [2.05, 4.69) is 10.6 Å². The number of phenolic OH excluding ortho intramolecular Hbond substituents is 1. The number of aromatic hydroxyl groups is 1. The van der Waals surface area contributed by atoms with E-state index < -0.39 is 0 Å². The molecule has 0 aliphatic heterocycles. The Morgan fingerprint density at radius 1 is 1.57 bits per heavy atom. The molecule has 0 saturated carbocycles. The van der Waals surface area contributed by atoms with Gasteiger partial charge in [0, 0.05) is 6.54 Å². The zero-order valence-electron chi connectivity index (χ0n) is 7.87. The fourth-order valence-corrected chi connectivity index (χ4v) is 1.01. The first kappa shape index (κ1) is 10.2. The Bertz CT molecular complexity index is 319. The monoisotopic (exact) mass is 195 g/mol. The van der Waals surface area contributed by atoms with Crippen molar-refractivity contribution in [3.05, 3.63) is 18.2 Å². The Balaban J connectivity index is 2.80. The maximum absolute atomic E-state index is 11.1. The molecule has 1 aromatic rings. The minimum Gasteiger partial charge on any atom is -0.506 e. The molecular weight excluding hydrogens is 182 g/mol. The van der Waals surface area contributed by atoms with E-state index in [1.165, 1.54) is 6.07 Å². The number of para-hydroxylation sites is 1. The van der Waals surface area contributed by atoms with Crippen LogP contribution in [0.25, 0.3) is 0 Å². The summed E-state index contributed by atoms with van der Waals surface area (Å²) < 4.78 is 0. The lowest BCUT2D eigenvalue weighted by Crippen LogP contribution is -2.28. The van der Waals surface area contributed by atoms with Crippen LogP contribution < -0.4 is 16.4 Å². The van der Waals surface area contributed by atoms with E-state index in [-0.39, 0.29) is 17.5 Å². The highest BCUT2D eigenvalue weighted by Crippen LogP contribution is 2.28. The lowest BCUT2D eigenvalue weighted by atomic mass is 10.2. The van der Waals surface area contributed by atoms with Crippen LogP contribution in [0.5, 0.6) is 5.75 Å². The number of carbonyl (C=O) groups excluding carboxylic acids is 1. The zero-order chi connectivity index (χ0) is 10.6. The van der Waals surface area contributed by atoms with Crippen LogP contribution in [-0.2, 0) is 0 Å². The van der Waals surface area contributed by atoms with Gasteiger partial charge in [-0.2, -0.15) is 0 Å². The average molecular weight is 195 g/mol. The molecule has 0 atom stereocenters. The Hall–Kier alpha value is -1.91. The predicted molar refractivity (Wildman–Crippen MR) is 55.2 cm³/mol. The normalized spacial score (nSPS) is 9.50. The minimum absolute atomic E-state index is 0.0451. The lowest BCUT2D eigenvalue weighted by molar-refractivity contribution is 0.252. The molecule has 0 aliphatic carbocycles. The smallest absolute Gasteiger partial charge is 0.319 e. The van der Waals surface area contributed by atoms with Gasteiger partial charge in [-0.3, -0.25) is 0 Å². The number of hydrogen-bond acceptors (Lipinski definition) is 3. The summed E-state index contributed by atoms with van der Waals surface area (Å²) in [6, 6.07) is 4.27. The zero-order valence-corrected chi connectivity index (χ0v) is 7.87. The van der Waals surface area contributed by atoms with Gasteiger partial charge in [0.15, 0.2) is 0 Å². The molecular formula is C9H13N3O2. The number of nitrogen functional groups attached to an aromatic ring is 1. The first-order chi connectivity index (χ1) is 6.65. The molecule has 0 heterocycles. The summed E-state index contributed by atoms with van der Waals surface area (Å²) in [7, 11) is 0. The van der Waals surface area contributed by atoms with Crippen LogP contribution in [0.15, 0.2) is 18.2 Å². The number of hydrogen-bond donors (Lipinski definition) is 4. The van der Waals surface area contributed by atoms with Crippen molar-refractivity contribution in [1.82, 2.24) is 5.32 Å². The Kier molecular flexibility index (Phi) is 3.17. The van der Waals surface area contributed by atoms with Crippen molar-refractivity contribution in [2.45, 2.75) is 6.92 Å². The second-order valence-electron chi connectivity index (χ2n) is 2.73. The lowest BCUT2D eigenvalue weighted by Gasteiger charge is -2.09. The number of rotatable bonds is 2. The minimum atomic E-state index is -0.388. The maximum atomic E-state index is 11.1. The molecule has 0 fully saturated rings. The Labute approximate surface area is 81.9 Å². The molecule has 0 saturated heterocycles. The van der Waals surface area contributed by atoms with E-state index in [0.29, 0.717) is 12.2 Å². The Morgan fingerprint density at radius 3 is 2.86 bits per heavy atom. The van der Waals surface area contributed by atoms with Gasteiger partial charge in [0.1, 0.15) is 11.4 Å². The highest BCUT2D eigenvalue weighted by molar-refractivity contribution is 5.94. The summed E-state index contributed by atoms with van der Waals surface area (Å²) in [6.45, 7) is 2.31. The summed E-state index contributed by atoms with van der Waals surface area (Å²) in [5.41, 5.74) is 6.13. The molecule has 76 valence electrons. The predicted octanol–water partition coefficient (Wildman–Crippen LogP) is 1.12. The van der Waals surface area contributed by atoms with Gasteiger partial charge in [-0.25, -0.2) is 4.79 Å². The second kappa shape index (κ2) is 4.36. The number of nitrogens with two attached hydrogens (primary N) is 1. The third kappa shape index (κ3) is 2.29. The number of urea groups is 1. The molecule has 0 spiro atoms. The standard InChI is InChI=1S/C9H13N3O2/c1-2-11-9(14)12-8-6(10)4-3-5-7(8)13/h3-5,13H,2,10H2,1H3,(H2,11,12,14). The summed E-state index contributed by atoms with van der Waals surface area (Å²) in [6.07, 6.45) is 0. The molecule has 14 heavy (non-hydrogen) atoms. The number of amides is 2. The van der Waals surface area contributed by atoms with Gasteiger partial charge in [-0.05, 0) is 19.1 Å². The van der Waals surface area contributed by atoms with Gasteiger partial charge < -0.3 is 21.5 Å². The van der Waals surface area contributed by atoms with E-state index in [9.17, 15) is 9.90 Å². The van der Waals surface area contributed by atoms with Gasteiger partial charge >= 0.3 is 6.03 Å². The van der Waals surface area contributed by atoms with Gasteiger partial charge in [0.2, 0.25) is 0 Å². The van der Waals surface area contributed by atoms with Crippen molar-refractivity contribution in [3.8, 4) is 5.75 Å². The van der Waals surface area contributed by atoms with Crippen LogP contribution in [0.1, 0.15) is 6.92 Å². The van der Waals surface area contributed by atoms with Crippen molar-refractivity contribution < 1.29 is 9.90 Å². The number of phenols is 1. The molecule has 1 aromatic carbocycles. The van der Waals surface area contributed by atoms with Crippen molar-refractivity contribution in [3.63, 3.8) is 0 Å². The van der Waals surface area contributed by atoms with Crippen LogP contribution in [0, 0.1) is 0 Å².